The standard InChI is InChI=1S/C7H7N3O/c11-4-7-9-6(3-8-10-7)5-1-2-5/h3-5H,1-2H2. The normalized spacial score (nSPS) is 16.4. The minimum Gasteiger partial charge on any atom is -0.294 e. The Kier molecular flexibility index (Phi) is 1.38. The summed E-state index contributed by atoms with van der Waals surface area (Å²) in [6.45, 7) is 0. The zero-order valence-electron chi connectivity index (χ0n) is 5.90. The summed E-state index contributed by atoms with van der Waals surface area (Å²) >= 11 is 0. The van der Waals surface area contributed by atoms with Crippen molar-refractivity contribution in [2.24, 2.45) is 0 Å². The molecule has 4 heteroatoms. The first-order valence-electron chi connectivity index (χ1n) is 3.55. The predicted octanol–water partition coefficient (Wildman–Crippen LogP) is 0.561. The monoisotopic (exact) mass is 149 g/mol. The average Bonchev–Trinajstić information content (AvgIpc) is 2.87. The fraction of sp³-hybridized carbons (Fsp3) is 0.429. The van der Waals surface area contributed by atoms with Crippen LogP contribution in [0, 0.1) is 0 Å². The molecular weight excluding hydrogens is 142 g/mol. The van der Waals surface area contributed by atoms with Crippen molar-refractivity contribution >= 4 is 6.29 Å². The van der Waals surface area contributed by atoms with Gasteiger partial charge in [0.2, 0.25) is 5.82 Å². The van der Waals surface area contributed by atoms with Crippen LogP contribution in [0.25, 0.3) is 0 Å². The number of nitrogens with zero attached hydrogens (tertiary/aromatic N) is 3. The smallest absolute Gasteiger partial charge is 0.214 e. The number of rotatable bonds is 2. The van der Waals surface area contributed by atoms with Gasteiger partial charge in [0.05, 0.1) is 11.9 Å². The fourth-order valence-electron chi connectivity index (χ4n) is 0.956. The van der Waals surface area contributed by atoms with Gasteiger partial charge in [0.15, 0.2) is 6.29 Å². The molecule has 4 nitrogen and oxygen atoms in total. The molecule has 1 heterocycles. The van der Waals surface area contributed by atoms with E-state index in [2.05, 4.69) is 15.2 Å². The van der Waals surface area contributed by atoms with Crippen LogP contribution in [0.15, 0.2) is 6.20 Å². The number of carbonyl (C=O) groups is 1. The zero-order chi connectivity index (χ0) is 7.68. The molecule has 1 aliphatic rings. The molecule has 0 spiro atoms. The summed E-state index contributed by atoms with van der Waals surface area (Å²) in [6, 6.07) is 0. The van der Waals surface area contributed by atoms with Gasteiger partial charge in [-0.15, -0.1) is 5.10 Å². The van der Waals surface area contributed by atoms with E-state index in [1.54, 1.807) is 6.20 Å². The molecule has 0 amide bonds. The highest BCUT2D eigenvalue weighted by Gasteiger charge is 2.25. The van der Waals surface area contributed by atoms with E-state index in [0.717, 1.165) is 18.5 Å². The summed E-state index contributed by atoms with van der Waals surface area (Å²) in [5.74, 6) is 0.721. The third-order valence-corrected chi connectivity index (χ3v) is 1.69. The van der Waals surface area contributed by atoms with Gasteiger partial charge in [0, 0.05) is 5.92 Å². The van der Waals surface area contributed by atoms with Gasteiger partial charge in [0.1, 0.15) is 0 Å². The lowest BCUT2D eigenvalue weighted by Crippen LogP contribution is -1.98. The summed E-state index contributed by atoms with van der Waals surface area (Å²) in [5.41, 5.74) is 0.905. The van der Waals surface area contributed by atoms with Crippen molar-refractivity contribution in [1.82, 2.24) is 15.2 Å². The van der Waals surface area contributed by atoms with E-state index in [1.807, 2.05) is 0 Å². The maximum Gasteiger partial charge on any atom is 0.214 e. The Bertz CT molecular complexity index is 283. The number of aldehydes is 1. The summed E-state index contributed by atoms with van der Waals surface area (Å²) in [7, 11) is 0. The molecule has 0 aromatic carbocycles. The highest BCUT2D eigenvalue weighted by Crippen LogP contribution is 2.38. The van der Waals surface area contributed by atoms with Gasteiger partial charge < -0.3 is 0 Å². The molecule has 2 rings (SSSR count). The second-order valence-electron chi connectivity index (χ2n) is 2.63. The van der Waals surface area contributed by atoms with Crippen molar-refractivity contribution in [3.63, 3.8) is 0 Å². The Morgan fingerprint density at radius 3 is 3.00 bits per heavy atom. The van der Waals surface area contributed by atoms with Crippen molar-refractivity contribution in [2.45, 2.75) is 18.8 Å². The lowest BCUT2D eigenvalue weighted by atomic mass is 10.3. The van der Waals surface area contributed by atoms with E-state index in [1.165, 1.54) is 0 Å². The largest absolute Gasteiger partial charge is 0.294 e. The number of hydrogen-bond acceptors (Lipinski definition) is 4. The van der Waals surface area contributed by atoms with E-state index in [4.69, 9.17) is 0 Å². The topological polar surface area (TPSA) is 55.7 Å². The van der Waals surface area contributed by atoms with Gasteiger partial charge in [-0.05, 0) is 12.8 Å². The van der Waals surface area contributed by atoms with Crippen LogP contribution >= 0.6 is 0 Å². The second kappa shape index (κ2) is 2.38. The molecule has 0 N–H and O–H groups in total. The van der Waals surface area contributed by atoms with Gasteiger partial charge in [0.25, 0.3) is 0 Å². The van der Waals surface area contributed by atoms with Crippen LogP contribution in [0.1, 0.15) is 35.1 Å². The minimum atomic E-state index is 0.189. The van der Waals surface area contributed by atoms with Crippen LogP contribution in [0.3, 0.4) is 0 Å². The molecule has 0 unspecified atom stereocenters. The lowest BCUT2D eigenvalue weighted by Gasteiger charge is -1.93. The second-order valence-corrected chi connectivity index (χ2v) is 2.63. The molecular formula is C7H7N3O. The van der Waals surface area contributed by atoms with E-state index in [0.29, 0.717) is 12.2 Å². The predicted molar refractivity (Wildman–Crippen MR) is 37.2 cm³/mol. The quantitative estimate of drug-likeness (QED) is 0.576. The van der Waals surface area contributed by atoms with Crippen molar-refractivity contribution in [3.05, 3.63) is 17.7 Å². The van der Waals surface area contributed by atoms with Crippen molar-refractivity contribution < 1.29 is 4.79 Å². The molecule has 1 saturated carbocycles. The third-order valence-electron chi connectivity index (χ3n) is 1.69. The zero-order valence-corrected chi connectivity index (χ0v) is 5.90. The number of aromatic nitrogens is 3. The molecule has 1 aromatic rings. The molecule has 11 heavy (non-hydrogen) atoms. The Morgan fingerprint density at radius 1 is 1.55 bits per heavy atom. The molecule has 56 valence electrons. The van der Waals surface area contributed by atoms with Gasteiger partial charge in [-0.3, -0.25) is 4.79 Å². The van der Waals surface area contributed by atoms with E-state index >= 15 is 0 Å². The molecule has 0 atom stereocenters. The van der Waals surface area contributed by atoms with E-state index in [9.17, 15) is 4.79 Å². The SMILES string of the molecule is O=Cc1nncc(C2CC2)n1. The maximum atomic E-state index is 10.2. The van der Waals surface area contributed by atoms with Crippen molar-refractivity contribution in [2.75, 3.05) is 0 Å². The molecule has 0 saturated heterocycles. The first-order valence-corrected chi connectivity index (χ1v) is 3.55. The molecule has 0 bridgehead atoms. The lowest BCUT2D eigenvalue weighted by molar-refractivity contribution is 0.111. The summed E-state index contributed by atoms with van der Waals surface area (Å²) in [5, 5.41) is 7.21. The van der Waals surface area contributed by atoms with Gasteiger partial charge in [-0.25, -0.2) is 4.98 Å². The van der Waals surface area contributed by atoms with Crippen LogP contribution < -0.4 is 0 Å². The van der Waals surface area contributed by atoms with Gasteiger partial charge >= 0.3 is 0 Å². The maximum absolute atomic E-state index is 10.2. The minimum absolute atomic E-state index is 0.189. The Balaban J connectivity index is 2.33. The first kappa shape index (κ1) is 6.39. The number of carbonyl (C=O) groups excluding carboxylic acids is 1. The molecule has 1 aromatic heterocycles. The Morgan fingerprint density at radius 2 is 2.36 bits per heavy atom. The van der Waals surface area contributed by atoms with Crippen LogP contribution in [0.2, 0.25) is 0 Å². The fourth-order valence-corrected chi connectivity index (χ4v) is 0.956. The van der Waals surface area contributed by atoms with Gasteiger partial charge in [-0.1, -0.05) is 0 Å². The van der Waals surface area contributed by atoms with Crippen molar-refractivity contribution in [1.29, 1.82) is 0 Å². The molecule has 0 radical (unpaired) electrons. The summed E-state index contributed by atoms with van der Waals surface area (Å²) < 4.78 is 0. The molecule has 0 aliphatic heterocycles. The van der Waals surface area contributed by atoms with E-state index in [-0.39, 0.29) is 5.82 Å². The number of hydrogen-bond donors (Lipinski definition) is 0. The Labute approximate surface area is 63.7 Å². The van der Waals surface area contributed by atoms with Crippen LogP contribution in [-0.4, -0.2) is 21.5 Å². The van der Waals surface area contributed by atoms with E-state index < -0.39 is 0 Å². The highest BCUT2D eigenvalue weighted by molar-refractivity contribution is 5.68. The van der Waals surface area contributed by atoms with Gasteiger partial charge in [-0.2, -0.15) is 5.10 Å². The van der Waals surface area contributed by atoms with Crippen LogP contribution in [0.5, 0.6) is 0 Å². The molecule has 1 aliphatic carbocycles. The van der Waals surface area contributed by atoms with Crippen molar-refractivity contribution in [3.8, 4) is 0 Å². The average molecular weight is 149 g/mol. The third kappa shape index (κ3) is 1.24. The highest BCUT2D eigenvalue weighted by atomic mass is 16.1. The van der Waals surface area contributed by atoms with Crippen LogP contribution in [0.4, 0.5) is 0 Å². The first-order chi connectivity index (χ1) is 5.40. The summed E-state index contributed by atoms with van der Waals surface area (Å²) in [4.78, 5) is 14.2. The summed E-state index contributed by atoms with van der Waals surface area (Å²) in [6.07, 6.45) is 4.58. The molecule has 1 fully saturated rings. The van der Waals surface area contributed by atoms with Crippen LogP contribution in [-0.2, 0) is 0 Å². The Hall–Kier alpha value is -1.32.